The Hall–Kier alpha value is -2.53. The fourth-order valence-electron chi connectivity index (χ4n) is 4.33. The molecule has 32 heavy (non-hydrogen) atoms. The number of nitrogens with zero attached hydrogens (tertiary/aromatic N) is 4. The molecule has 3 aromatic rings. The average molecular weight is 453 g/mol. The molecule has 0 spiro atoms. The van der Waals surface area contributed by atoms with Crippen LogP contribution in [0.3, 0.4) is 0 Å². The van der Waals surface area contributed by atoms with Gasteiger partial charge in [0.1, 0.15) is 11.6 Å². The first kappa shape index (κ1) is 22.7. The Kier molecular flexibility index (Phi) is 7.04. The Morgan fingerprint density at radius 2 is 1.91 bits per heavy atom. The minimum atomic E-state index is 0.247. The quantitative estimate of drug-likeness (QED) is 0.336. The fraction of sp³-hybridized carbons (Fsp3) is 0.462. The Morgan fingerprint density at radius 3 is 2.53 bits per heavy atom. The second-order valence-electron chi connectivity index (χ2n) is 8.64. The molecule has 1 atom stereocenters. The van der Waals surface area contributed by atoms with Crippen molar-refractivity contribution >= 4 is 17.5 Å². The van der Waals surface area contributed by atoms with Crippen LogP contribution in [0.5, 0.6) is 5.75 Å². The molecule has 1 fully saturated rings. The van der Waals surface area contributed by atoms with Crippen LogP contribution < -0.4 is 9.64 Å². The third-order valence-electron chi connectivity index (χ3n) is 6.10. The molecule has 2 aromatic carbocycles. The number of hydrogen-bond donors (Lipinski definition) is 0. The summed E-state index contributed by atoms with van der Waals surface area (Å²) in [5, 5.41) is 5.68. The minimum absolute atomic E-state index is 0.247. The topological polar surface area (TPSA) is 43.2 Å². The molecule has 1 saturated carbocycles. The van der Waals surface area contributed by atoms with Crippen molar-refractivity contribution in [1.29, 1.82) is 0 Å². The van der Waals surface area contributed by atoms with Crippen molar-refractivity contribution in [3.63, 3.8) is 0 Å². The summed E-state index contributed by atoms with van der Waals surface area (Å²) in [6.45, 7) is 7.39. The van der Waals surface area contributed by atoms with E-state index in [2.05, 4.69) is 55.1 Å². The van der Waals surface area contributed by atoms with E-state index in [0.717, 1.165) is 67.4 Å². The number of hydrogen-bond acceptors (Lipinski definition) is 4. The van der Waals surface area contributed by atoms with Crippen LogP contribution in [0.2, 0.25) is 5.02 Å². The van der Waals surface area contributed by atoms with Crippen LogP contribution in [0, 0.1) is 6.92 Å². The molecule has 0 unspecified atom stereocenters. The average Bonchev–Trinajstić information content (AvgIpc) is 3.56. The lowest BCUT2D eigenvalue weighted by Gasteiger charge is -2.31. The SMILES string of the molecule is CCC[C@@H](c1ccccc1)N(CCC)c1nc(C2CC2)n(-c2cc(C)c(OC)cc2Cl)n1. The number of anilines is 1. The summed E-state index contributed by atoms with van der Waals surface area (Å²) in [5.74, 6) is 3.03. The predicted molar refractivity (Wildman–Crippen MR) is 131 cm³/mol. The normalized spacial score (nSPS) is 14.4. The Bertz CT molecular complexity index is 1050. The smallest absolute Gasteiger partial charge is 0.245 e. The van der Waals surface area contributed by atoms with Crippen molar-refractivity contribution in [2.24, 2.45) is 0 Å². The molecular weight excluding hydrogens is 420 g/mol. The molecule has 0 amide bonds. The zero-order chi connectivity index (χ0) is 22.7. The maximum absolute atomic E-state index is 6.69. The Balaban J connectivity index is 1.80. The second kappa shape index (κ2) is 9.95. The molecule has 1 aromatic heterocycles. The summed E-state index contributed by atoms with van der Waals surface area (Å²) < 4.78 is 7.42. The predicted octanol–water partition coefficient (Wildman–Crippen LogP) is 6.87. The summed E-state index contributed by atoms with van der Waals surface area (Å²) in [7, 11) is 1.67. The van der Waals surface area contributed by atoms with Crippen LogP contribution in [-0.4, -0.2) is 28.4 Å². The van der Waals surface area contributed by atoms with Crippen molar-refractivity contribution in [2.45, 2.75) is 64.8 Å². The van der Waals surface area contributed by atoms with Crippen LogP contribution in [-0.2, 0) is 0 Å². The van der Waals surface area contributed by atoms with E-state index in [-0.39, 0.29) is 6.04 Å². The zero-order valence-corrected chi connectivity index (χ0v) is 20.3. The highest BCUT2D eigenvalue weighted by Crippen LogP contribution is 2.42. The van der Waals surface area contributed by atoms with Gasteiger partial charge in [-0.05, 0) is 49.8 Å². The standard InChI is InChI=1S/C26H33ClN4O/c1-5-10-22(19-11-8-7-9-12-19)30(15-6-2)26-28-25(20-13-14-20)31(29-26)23-16-18(3)24(32-4)17-21(23)27/h7-9,11-12,16-17,20,22H,5-6,10,13-15H2,1-4H3/t22-/m0/s1. The van der Waals surface area contributed by atoms with E-state index in [0.29, 0.717) is 10.9 Å². The highest BCUT2D eigenvalue weighted by Gasteiger charge is 2.33. The number of aromatic nitrogens is 3. The number of ether oxygens (including phenoxy) is 1. The van der Waals surface area contributed by atoms with E-state index in [1.165, 1.54) is 5.56 Å². The summed E-state index contributed by atoms with van der Waals surface area (Å²) in [4.78, 5) is 7.48. The summed E-state index contributed by atoms with van der Waals surface area (Å²) >= 11 is 6.69. The van der Waals surface area contributed by atoms with Crippen molar-refractivity contribution < 1.29 is 4.74 Å². The van der Waals surface area contributed by atoms with Gasteiger partial charge >= 0.3 is 0 Å². The monoisotopic (exact) mass is 452 g/mol. The molecule has 0 N–H and O–H groups in total. The van der Waals surface area contributed by atoms with Crippen molar-refractivity contribution in [1.82, 2.24) is 14.8 Å². The lowest BCUT2D eigenvalue weighted by Crippen LogP contribution is -2.30. The maximum Gasteiger partial charge on any atom is 0.245 e. The molecule has 0 saturated heterocycles. The number of aryl methyl sites for hydroxylation is 1. The van der Waals surface area contributed by atoms with Crippen LogP contribution >= 0.6 is 11.6 Å². The molecular formula is C26H33ClN4O. The highest BCUT2D eigenvalue weighted by molar-refractivity contribution is 6.32. The van der Waals surface area contributed by atoms with Gasteiger partial charge in [0, 0.05) is 18.5 Å². The van der Waals surface area contributed by atoms with E-state index in [9.17, 15) is 0 Å². The molecule has 0 radical (unpaired) electrons. The van der Waals surface area contributed by atoms with Gasteiger partial charge in [0.15, 0.2) is 0 Å². The van der Waals surface area contributed by atoms with Crippen molar-refractivity contribution in [2.75, 3.05) is 18.6 Å². The number of benzene rings is 2. The maximum atomic E-state index is 6.69. The van der Waals surface area contributed by atoms with Gasteiger partial charge < -0.3 is 9.64 Å². The van der Waals surface area contributed by atoms with Gasteiger partial charge in [-0.3, -0.25) is 0 Å². The third kappa shape index (κ3) is 4.63. The molecule has 1 aliphatic rings. The van der Waals surface area contributed by atoms with Gasteiger partial charge in [0.25, 0.3) is 0 Å². The minimum Gasteiger partial charge on any atom is -0.496 e. The van der Waals surface area contributed by atoms with E-state index >= 15 is 0 Å². The highest BCUT2D eigenvalue weighted by atomic mass is 35.5. The largest absolute Gasteiger partial charge is 0.496 e. The van der Waals surface area contributed by atoms with Crippen molar-refractivity contribution in [3.8, 4) is 11.4 Å². The molecule has 1 heterocycles. The molecule has 5 nitrogen and oxygen atoms in total. The summed E-state index contributed by atoms with van der Waals surface area (Å²) in [5.41, 5.74) is 3.21. The van der Waals surface area contributed by atoms with E-state index in [4.69, 9.17) is 26.4 Å². The first-order chi connectivity index (χ1) is 15.6. The molecule has 6 heteroatoms. The first-order valence-corrected chi connectivity index (χ1v) is 12.1. The van der Waals surface area contributed by atoms with E-state index < -0.39 is 0 Å². The van der Waals surface area contributed by atoms with E-state index in [1.807, 2.05) is 17.7 Å². The number of rotatable bonds is 10. The van der Waals surface area contributed by atoms with Gasteiger partial charge in [0.05, 0.1) is 23.9 Å². The van der Waals surface area contributed by atoms with Gasteiger partial charge in [-0.2, -0.15) is 4.98 Å². The molecule has 0 bridgehead atoms. The van der Waals surface area contributed by atoms with Gasteiger partial charge in [-0.25, -0.2) is 4.68 Å². The summed E-state index contributed by atoms with van der Waals surface area (Å²) in [6, 6.07) is 14.9. The van der Waals surface area contributed by atoms with Gasteiger partial charge in [0.2, 0.25) is 5.95 Å². The van der Waals surface area contributed by atoms with Gasteiger partial charge in [-0.1, -0.05) is 62.2 Å². The van der Waals surface area contributed by atoms with Crippen LogP contribution in [0.15, 0.2) is 42.5 Å². The van der Waals surface area contributed by atoms with Gasteiger partial charge in [-0.15, -0.1) is 5.10 Å². The molecule has 1 aliphatic carbocycles. The van der Waals surface area contributed by atoms with Crippen LogP contribution in [0.1, 0.15) is 74.9 Å². The Morgan fingerprint density at radius 1 is 1.16 bits per heavy atom. The summed E-state index contributed by atoms with van der Waals surface area (Å²) in [6.07, 6.45) is 5.48. The first-order valence-electron chi connectivity index (χ1n) is 11.7. The second-order valence-corrected chi connectivity index (χ2v) is 9.05. The molecule has 4 rings (SSSR count). The number of halogens is 1. The van der Waals surface area contributed by atoms with Crippen LogP contribution in [0.25, 0.3) is 5.69 Å². The molecule has 0 aliphatic heterocycles. The third-order valence-corrected chi connectivity index (χ3v) is 6.40. The lowest BCUT2D eigenvalue weighted by molar-refractivity contribution is 0.411. The zero-order valence-electron chi connectivity index (χ0n) is 19.5. The van der Waals surface area contributed by atoms with Crippen molar-refractivity contribution in [3.05, 3.63) is 64.4 Å². The fourth-order valence-corrected chi connectivity index (χ4v) is 4.57. The number of methoxy groups -OCH3 is 1. The molecule has 170 valence electrons. The Labute approximate surface area is 196 Å². The van der Waals surface area contributed by atoms with E-state index in [1.54, 1.807) is 7.11 Å². The van der Waals surface area contributed by atoms with Crippen LogP contribution in [0.4, 0.5) is 5.95 Å². The lowest BCUT2D eigenvalue weighted by atomic mass is 10.0.